The lowest BCUT2D eigenvalue weighted by Crippen LogP contribution is -2.29. The van der Waals surface area contributed by atoms with Crippen LogP contribution in [0.25, 0.3) is 0 Å². The number of methoxy groups -OCH3 is 1. The van der Waals surface area contributed by atoms with Gasteiger partial charge in [-0.1, -0.05) is 29.8 Å². The summed E-state index contributed by atoms with van der Waals surface area (Å²) < 4.78 is 4.62. The van der Waals surface area contributed by atoms with Gasteiger partial charge in [0, 0.05) is 17.3 Å². The fraction of sp³-hybridized carbons (Fsp3) is 0.211. The molecule has 0 radical (unpaired) electrons. The molecule has 136 valence electrons. The highest BCUT2D eigenvalue weighted by Crippen LogP contribution is 2.12. The molecule has 0 saturated heterocycles. The molecule has 7 heteroatoms. The standard InChI is InChI=1S/C19H19ClN2O4/c1-26-19(25)14-3-2-4-16(11-14)22-18(24)12-17(23)21-10-9-13-5-7-15(20)8-6-13/h2-8,11H,9-10,12H2,1H3,(H,21,23)(H,22,24). The maximum atomic E-state index is 11.9. The van der Waals surface area contributed by atoms with E-state index in [0.29, 0.717) is 29.2 Å². The number of hydrogen-bond donors (Lipinski definition) is 2. The first-order chi connectivity index (χ1) is 12.5. The molecule has 2 rings (SSSR count). The Morgan fingerprint density at radius 3 is 2.46 bits per heavy atom. The van der Waals surface area contributed by atoms with Gasteiger partial charge in [-0.05, 0) is 42.3 Å². The molecule has 2 aromatic carbocycles. The van der Waals surface area contributed by atoms with Crippen LogP contribution in [0.15, 0.2) is 48.5 Å². The molecule has 0 atom stereocenters. The predicted molar refractivity (Wildman–Crippen MR) is 99.2 cm³/mol. The maximum Gasteiger partial charge on any atom is 0.337 e. The van der Waals surface area contributed by atoms with E-state index in [1.807, 2.05) is 12.1 Å². The van der Waals surface area contributed by atoms with Crippen LogP contribution in [-0.4, -0.2) is 31.4 Å². The number of hydrogen-bond acceptors (Lipinski definition) is 4. The summed E-state index contributed by atoms with van der Waals surface area (Å²) in [7, 11) is 1.28. The molecular formula is C19H19ClN2O4. The van der Waals surface area contributed by atoms with Crippen molar-refractivity contribution in [3.8, 4) is 0 Å². The minimum atomic E-state index is -0.499. The summed E-state index contributed by atoms with van der Waals surface area (Å²) >= 11 is 5.82. The Kier molecular flexibility index (Phi) is 7.17. The zero-order chi connectivity index (χ0) is 18.9. The molecule has 0 heterocycles. The number of ether oxygens (including phenoxy) is 1. The summed E-state index contributed by atoms with van der Waals surface area (Å²) in [6, 6.07) is 13.7. The second-order valence-corrected chi connectivity index (χ2v) is 5.96. The van der Waals surface area contributed by atoms with Gasteiger partial charge in [0.05, 0.1) is 12.7 Å². The van der Waals surface area contributed by atoms with Gasteiger partial charge < -0.3 is 15.4 Å². The normalized spacial score (nSPS) is 10.1. The molecule has 0 saturated carbocycles. The number of carbonyl (C=O) groups excluding carboxylic acids is 3. The summed E-state index contributed by atoms with van der Waals surface area (Å²) in [5.74, 6) is -1.34. The zero-order valence-electron chi connectivity index (χ0n) is 14.3. The molecular weight excluding hydrogens is 356 g/mol. The van der Waals surface area contributed by atoms with Gasteiger partial charge in [-0.2, -0.15) is 0 Å². The van der Waals surface area contributed by atoms with Crippen LogP contribution >= 0.6 is 11.6 Å². The second-order valence-electron chi connectivity index (χ2n) is 5.52. The van der Waals surface area contributed by atoms with Gasteiger partial charge in [0.2, 0.25) is 11.8 Å². The van der Waals surface area contributed by atoms with Crippen molar-refractivity contribution >= 4 is 35.1 Å². The van der Waals surface area contributed by atoms with Gasteiger partial charge in [0.15, 0.2) is 0 Å². The lowest BCUT2D eigenvalue weighted by atomic mass is 10.1. The first kappa shape index (κ1) is 19.5. The van der Waals surface area contributed by atoms with E-state index < -0.39 is 11.9 Å². The maximum absolute atomic E-state index is 11.9. The van der Waals surface area contributed by atoms with E-state index in [4.69, 9.17) is 11.6 Å². The van der Waals surface area contributed by atoms with Crippen LogP contribution in [0.1, 0.15) is 22.3 Å². The van der Waals surface area contributed by atoms with Gasteiger partial charge in [-0.25, -0.2) is 4.79 Å². The Hall–Kier alpha value is -2.86. The van der Waals surface area contributed by atoms with Gasteiger partial charge in [-0.15, -0.1) is 0 Å². The van der Waals surface area contributed by atoms with Crippen molar-refractivity contribution in [3.63, 3.8) is 0 Å². The molecule has 2 N–H and O–H groups in total. The van der Waals surface area contributed by atoms with Crippen LogP contribution in [0.3, 0.4) is 0 Å². The number of esters is 1. The van der Waals surface area contributed by atoms with Crippen LogP contribution in [-0.2, 0) is 20.7 Å². The summed E-state index contributed by atoms with van der Waals surface area (Å²) in [4.78, 5) is 35.3. The number of amides is 2. The molecule has 0 bridgehead atoms. The Morgan fingerprint density at radius 2 is 1.77 bits per heavy atom. The predicted octanol–water partition coefficient (Wildman–Crippen LogP) is 2.81. The molecule has 0 aliphatic carbocycles. The van der Waals surface area contributed by atoms with E-state index in [1.54, 1.807) is 30.3 Å². The fourth-order valence-electron chi connectivity index (χ4n) is 2.25. The van der Waals surface area contributed by atoms with Crippen LogP contribution in [0, 0.1) is 0 Å². The number of nitrogens with one attached hydrogen (secondary N) is 2. The third-order valence-corrected chi connectivity index (χ3v) is 3.79. The molecule has 26 heavy (non-hydrogen) atoms. The zero-order valence-corrected chi connectivity index (χ0v) is 15.0. The van der Waals surface area contributed by atoms with Gasteiger partial charge in [0.1, 0.15) is 6.42 Å². The number of benzene rings is 2. The van der Waals surface area contributed by atoms with Crippen molar-refractivity contribution < 1.29 is 19.1 Å². The lowest BCUT2D eigenvalue weighted by molar-refractivity contribution is -0.126. The minimum Gasteiger partial charge on any atom is -0.465 e. The Morgan fingerprint density at radius 1 is 1.04 bits per heavy atom. The highest BCUT2D eigenvalue weighted by Gasteiger charge is 2.11. The number of halogens is 1. The van der Waals surface area contributed by atoms with Crippen molar-refractivity contribution in [2.45, 2.75) is 12.8 Å². The van der Waals surface area contributed by atoms with Crippen molar-refractivity contribution in [2.24, 2.45) is 0 Å². The second kappa shape index (κ2) is 9.58. The van der Waals surface area contributed by atoms with Crippen molar-refractivity contribution in [3.05, 3.63) is 64.7 Å². The first-order valence-electron chi connectivity index (χ1n) is 7.97. The van der Waals surface area contributed by atoms with E-state index in [2.05, 4.69) is 15.4 Å². The van der Waals surface area contributed by atoms with Crippen LogP contribution in [0.2, 0.25) is 5.02 Å². The summed E-state index contributed by atoms with van der Waals surface area (Å²) in [6.07, 6.45) is 0.342. The molecule has 6 nitrogen and oxygen atoms in total. The molecule has 2 amide bonds. The molecule has 0 fully saturated rings. The smallest absolute Gasteiger partial charge is 0.337 e. The lowest BCUT2D eigenvalue weighted by Gasteiger charge is -2.08. The molecule has 0 aromatic heterocycles. The molecule has 0 aliphatic heterocycles. The van der Waals surface area contributed by atoms with E-state index in [0.717, 1.165) is 5.56 Å². The molecule has 0 aliphatic rings. The number of rotatable bonds is 7. The third-order valence-electron chi connectivity index (χ3n) is 3.54. The molecule has 0 spiro atoms. The monoisotopic (exact) mass is 374 g/mol. The van der Waals surface area contributed by atoms with E-state index in [1.165, 1.54) is 13.2 Å². The highest BCUT2D eigenvalue weighted by atomic mass is 35.5. The van der Waals surface area contributed by atoms with Gasteiger partial charge in [0.25, 0.3) is 0 Å². The number of anilines is 1. The quantitative estimate of drug-likeness (QED) is 0.576. The van der Waals surface area contributed by atoms with Gasteiger partial charge in [-0.3, -0.25) is 9.59 Å². The summed E-state index contributed by atoms with van der Waals surface area (Å²) in [5.41, 5.74) is 1.78. The Labute approximate surface area is 156 Å². The Bertz CT molecular complexity index is 790. The Balaban J connectivity index is 1.77. The topological polar surface area (TPSA) is 84.5 Å². The molecule has 0 unspecified atom stereocenters. The van der Waals surface area contributed by atoms with Gasteiger partial charge >= 0.3 is 5.97 Å². The first-order valence-corrected chi connectivity index (χ1v) is 8.35. The average molecular weight is 375 g/mol. The van der Waals surface area contributed by atoms with Crippen molar-refractivity contribution in [1.82, 2.24) is 5.32 Å². The fourth-order valence-corrected chi connectivity index (χ4v) is 2.38. The van der Waals surface area contributed by atoms with E-state index >= 15 is 0 Å². The van der Waals surface area contributed by atoms with Crippen molar-refractivity contribution in [1.29, 1.82) is 0 Å². The van der Waals surface area contributed by atoms with Crippen molar-refractivity contribution in [2.75, 3.05) is 19.0 Å². The van der Waals surface area contributed by atoms with E-state index in [9.17, 15) is 14.4 Å². The summed E-state index contributed by atoms with van der Waals surface area (Å²) in [5, 5.41) is 5.94. The van der Waals surface area contributed by atoms with Crippen LogP contribution in [0.5, 0.6) is 0 Å². The highest BCUT2D eigenvalue weighted by molar-refractivity contribution is 6.30. The molecule has 2 aromatic rings. The van der Waals surface area contributed by atoms with Crippen LogP contribution < -0.4 is 10.6 Å². The van der Waals surface area contributed by atoms with E-state index in [-0.39, 0.29) is 12.3 Å². The average Bonchev–Trinajstić information content (AvgIpc) is 2.62. The number of carbonyl (C=O) groups is 3. The SMILES string of the molecule is COC(=O)c1cccc(NC(=O)CC(=O)NCCc2ccc(Cl)cc2)c1. The third kappa shape index (κ3) is 6.22. The van der Waals surface area contributed by atoms with Crippen LogP contribution in [0.4, 0.5) is 5.69 Å². The largest absolute Gasteiger partial charge is 0.465 e. The minimum absolute atomic E-state index is 0.303. The summed E-state index contributed by atoms with van der Waals surface area (Å²) in [6.45, 7) is 0.422.